The van der Waals surface area contributed by atoms with E-state index >= 15 is 0 Å². The lowest BCUT2D eigenvalue weighted by Gasteiger charge is -2.15. The van der Waals surface area contributed by atoms with Crippen LogP contribution in [0.15, 0.2) is 42.6 Å². The van der Waals surface area contributed by atoms with Crippen molar-refractivity contribution in [1.29, 1.82) is 0 Å². The summed E-state index contributed by atoms with van der Waals surface area (Å²) in [4.78, 5) is 4.19. The molecule has 88 valence electrons. The SMILES string of the molecule is CC(Nc1ccc(Cl)cn1)c1cccc(N)c1. The first-order chi connectivity index (χ1) is 8.15. The fourth-order valence-corrected chi connectivity index (χ4v) is 1.71. The Balaban J connectivity index is 2.11. The Hall–Kier alpha value is -1.74. The molecule has 17 heavy (non-hydrogen) atoms. The van der Waals surface area contributed by atoms with E-state index in [1.54, 1.807) is 6.20 Å². The number of halogens is 1. The molecule has 1 atom stereocenters. The molecular weight excluding hydrogens is 234 g/mol. The highest BCUT2D eigenvalue weighted by Crippen LogP contribution is 2.20. The maximum Gasteiger partial charge on any atom is 0.126 e. The predicted molar refractivity (Wildman–Crippen MR) is 72.1 cm³/mol. The molecule has 1 aromatic carbocycles. The number of benzene rings is 1. The monoisotopic (exact) mass is 247 g/mol. The van der Waals surface area contributed by atoms with E-state index in [0.717, 1.165) is 17.1 Å². The van der Waals surface area contributed by atoms with Gasteiger partial charge in [-0.3, -0.25) is 0 Å². The van der Waals surface area contributed by atoms with Crippen LogP contribution in [0.1, 0.15) is 18.5 Å². The molecule has 2 aromatic rings. The van der Waals surface area contributed by atoms with Gasteiger partial charge in [0, 0.05) is 11.9 Å². The summed E-state index contributed by atoms with van der Waals surface area (Å²) in [5.41, 5.74) is 7.64. The maximum atomic E-state index is 5.78. The van der Waals surface area contributed by atoms with Gasteiger partial charge in [-0.2, -0.15) is 0 Å². The Kier molecular flexibility index (Phi) is 3.49. The number of nitrogens with one attached hydrogen (secondary N) is 1. The van der Waals surface area contributed by atoms with Crippen molar-refractivity contribution in [2.45, 2.75) is 13.0 Å². The fraction of sp³-hybridized carbons (Fsp3) is 0.154. The number of nitrogen functional groups attached to an aromatic ring is 1. The molecule has 0 saturated heterocycles. The molecule has 0 saturated carbocycles. The molecule has 1 heterocycles. The van der Waals surface area contributed by atoms with Gasteiger partial charge >= 0.3 is 0 Å². The summed E-state index contributed by atoms with van der Waals surface area (Å²) >= 11 is 5.78. The highest BCUT2D eigenvalue weighted by molar-refractivity contribution is 6.30. The lowest BCUT2D eigenvalue weighted by molar-refractivity contribution is 0.875. The van der Waals surface area contributed by atoms with Crippen molar-refractivity contribution in [1.82, 2.24) is 4.98 Å². The molecule has 0 spiro atoms. The summed E-state index contributed by atoms with van der Waals surface area (Å²) in [5.74, 6) is 0.796. The van der Waals surface area contributed by atoms with Crippen LogP contribution >= 0.6 is 11.6 Å². The quantitative estimate of drug-likeness (QED) is 0.817. The molecule has 0 bridgehead atoms. The number of pyridine rings is 1. The highest BCUT2D eigenvalue weighted by atomic mass is 35.5. The molecule has 2 rings (SSSR count). The number of aromatic nitrogens is 1. The first-order valence-electron chi connectivity index (χ1n) is 5.38. The molecule has 0 aliphatic heterocycles. The van der Waals surface area contributed by atoms with Gasteiger partial charge in [0.1, 0.15) is 5.82 Å². The summed E-state index contributed by atoms with van der Waals surface area (Å²) in [6.07, 6.45) is 1.62. The zero-order chi connectivity index (χ0) is 12.3. The van der Waals surface area contributed by atoms with Crippen LogP contribution in [0.2, 0.25) is 5.02 Å². The Morgan fingerprint density at radius 2 is 2.12 bits per heavy atom. The van der Waals surface area contributed by atoms with E-state index in [1.165, 1.54) is 0 Å². The summed E-state index contributed by atoms with van der Waals surface area (Å²) < 4.78 is 0. The van der Waals surface area contributed by atoms with Crippen LogP contribution in [-0.2, 0) is 0 Å². The van der Waals surface area contributed by atoms with Crippen molar-refractivity contribution in [3.8, 4) is 0 Å². The van der Waals surface area contributed by atoms with Gasteiger partial charge in [0.2, 0.25) is 0 Å². The zero-order valence-corrected chi connectivity index (χ0v) is 10.3. The number of nitrogens with zero attached hydrogens (tertiary/aromatic N) is 1. The molecule has 0 aliphatic carbocycles. The average Bonchev–Trinajstić information content (AvgIpc) is 2.32. The Bertz CT molecular complexity index is 496. The summed E-state index contributed by atoms with van der Waals surface area (Å²) in [5, 5.41) is 3.92. The van der Waals surface area contributed by atoms with Crippen LogP contribution < -0.4 is 11.1 Å². The van der Waals surface area contributed by atoms with Crippen LogP contribution in [0.4, 0.5) is 11.5 Å². The van der Waals surface area contributed by atoms with E-state index in [2.05, 4.69) is 17.2 Å². The van der Waals surface area contributed by atoms with E-state index < -0.39 is 0 Å². The zero-order valence-electron chi connectivity index (χ0n) is 9.52. The van der Waals surface area contributed by atoms with Gasteiger partial charge in [0.25, 0.3) is 0 Å². The van der Waals surface area contributed by atoms with Crippen molar-refractivity contribution in [3.63, 3.8) is 0 Å². The average molecular weight is 248 g/mol. The highest BCUT2D eigenvalue weighted by Gasteiger charge is 2.05. The molecule has 0 fully saturated rings. The predicted octanol–water partition coefficient (Wildman–Crippen LogP) is 3.49. The first-order valence-corrected chi connectivity index (χ1v) is 5.76. The third kappa shape index (κ3) is 3.11. The second-order valence-corrected chi connectivity index (χ2v) is 4.33. The second-order valence-electron chi connectivity index (χ2n) is 3.90. The van der Waals surface area contributed by atoms with Crippen LogP contribution in [0, 0.1) is 0 Å². The lowest BCUT2D eigenvalue weighted by Crippen LogP contribution is -2.07. The largest absolute Gasteiger partial charge is 0.399 e. The minimum absolute atomic E-state index is 0.146. The summed E-state index contributed by atoms with van der Waals surface area (Å²) in [6.45, 7) is 2.06. The molecule has 0 aliphatic rings. The van der Waals surface area contributed by atoms with Gasteiger partial charge in [0.15, 0.2) is 0 Å². The normalized spacial score (nSPS) is 12.1. The van der Waals surface area contributed by atoms with Crippen molar-refractivity contribution >= 4 is 23.1 Å². The molecule has 0 amide bonds. The van der Waals surface area contributed by atoms with Crippen molar-refractivity contribution in [3.05, 3.63) is 53.2 Å². The number of hydrogen-bond acceptors (Lipinski definition) is 3. The molecule has 0 radical (unpaired) electrons. The maximum absolute atomic E-state index is 5.78. The van der Waals surface area contributed by atoms with Crippen LogP contribution in [0.3, 0.4) is 0 Å². The van der Waals surface area contributed by atoms with Crippen molar-refractivity contribution < 1.29 is 0 Å². The van der Waals surface area contributed by atoms with Gasteiger partial charge in [0.05, 0.1) is 11.1 Å². The van der Waals surface area contributed by atoms with Crippen molar-refractivity contribution in [2.75, 3.05) is 11.1 Å². The topological polar surface area (TPSA) is 50.9 Å². The Labute approximate surface area is 106 Å². The summed E-state index contributed by atoms with van der Waals surface area (Å²) in [7, 11) is 0. The van der Waals surface area contributed by atoms with Gasteiger partial charge in [-0.15, -0.1) is 0 Å². The fourth-order valence-electron chi connectivity index (χ4n) is 1.59. The van der Waals surface area contributed by atoms with E-state index in [1.807, 2.05) is 36.4 Å². The molecule has 4 heteroatoms. The lowest BCUT2D eigenvalue weighted by atomic mass is 10.1. The third-order valence-corrected chi connectivity index (χ3v) is 2.73. The smallest absolute Gasteiger partial charge is 0.126 e. The van der Waals surface area contributed by atoms with E-state index in [-0.39, 0.29) is 6.04 Å². The Morgan fingerprint density at radius 1 is 1.29 bits per heavy atom. The van der Waals surface area contributed by atoms with Gasteiger partial charge < -0.3 is 11.1 Å². The molecule has 3 N–H and O–H groups in total. The van der Waals surface area contributed by atoms with Gasteiger partial charge in [-0.25, -0.2) is 4.98 Å². The molecule has 1 aromatic heterocycles. The van der Waals surface area contributed by atoms with E-state index in [9.17, 15) is 0 Å². The minimum atomic E-state index is 0.146. The van der Waals surface area contributed by atoms with Crippen LogP contribution in [-0.4, -0.2) is 4.98 Å². The minimum Gasteiger partial charge on any atom is -0.399 e. The summed E-state index contributed by atoms with van der Waals surface area (Å²) in [6, 6.07) is 11.6. The van der Waals surface area contributed by atoms with E-state index in [4.69, 9.17) is 17.3 Å². The number of nitrogens with two attached hydrogens (primary N) is 1. The molecular formula is C13H14ClN3. The number of rotatable bonds is 3. The number of anilines is 2. The van der Waals surface area contributed by atoms with Gasteiger partial charge in [-0.1, -0.05) is 23.7 Å². The molecule has 1 unspecified atom stereocenters. The number of hydrogen-bond donors (Lipinski definition) is 2. The third-order valence-electron chi connectivity index (χ3n) is 2.50. The van der Waals surface area contributed by atoms with Crippen LogP contribution in [0.5, 0.6) is 0 Å². The standard InChI is InChI=1S/C13H14ClN3/c1-9(10-3-2-4-12(15)7-10)17-13-6-5-11(14)8-16-13/h2-9H,15H2,1H3,(H,16,17). The van der Waals surface area contributed by atoms with Crippen molar-refractivity contribution in [2.24, 2.45) is 0 Å². The first kappa shape index (κ1) is 11.7. The molecule has 3 nitrogen and oxygen atoms in total. The van der Waals surface area contributed by atoms with E-state index in [0.29, 0.717) is 5.02 Å². The van der Waals surface area contributed by atoms with Crippen LogP contribution in [0.25, 0.3) is 0 Å². The second kappa shape index (κ2) is 5.06. The Morgan fingerprint density at radius 3 is 2.76 bits per heavy atom. The van der Waals surface area contributed by atoms with Gasteiger partial charge in [-0.05, 0) is 36.8 Å².